The van der Waals surface area contributed by atoms with Crippen molar-refractivity contribution in [3.63, 3.8) is 0 Å². The summed E-state index contributed by atoms with van der Waals surface area (Å²) in [6.07, 6.45) is 3.04. The van der Waals surface area contributed by atoms with Gasteiger partial charge in [0.1, 0.15) is 5.75 Å². The number of rotatable bonds is 5. The van der Waals surface area contributed by atoms with Crippen molar-refractivity contribution in [2.75, 3.05) is 0 Å². The zero-order chi connectivity index (χ0) is 20.2. The van der Waals surface area contributed by atoms with E-state index in [4.69, 9.17) is 9.15 Å². The Hall–Kier alpha value is -3.58. The molecule has 4 rings (SSSR count). The van der Waals surface area contributed by atoms with Crippen molar-refractivity contribution in [2.45, 2.75) is 6.54 Å². The SMILES string of the molecule is O=C(Oc1ccc(/C=C2\SC(=O)N(Cc3ccccc3)C2=O)cc1)c1ccco1. The molecule has 0 N–H and O–H groups in total. The minimum atomic E-state index is -0.593. The van der Waals surface area contributed by atoms with E-state index in [0.717, 1.165) is 17.3 Å². The van der Waals surface area contributed by atoms with Gasteiger partial charge in [0.25, 0.3) is 11.1 Å². The highest BCUT2D eigenvalue weighted by molar-refractivity contribution is 8.18. The van der Waals surface area contributed by atoms with Gasteiger partial charge >= 0.3 is 5.97 Å². The van der Waals surface area contributed by atoms with Gasteiger partial charge in [-0.3, -0.25) is 14.5 Å². The van der Waals surface area contributed by atoms with E-state index in [1.165, 1.54) is 17.2 Å². The van der Waals surface area contributed by atoms with Crippen molar-refractivity contribution >= 4 is 35.0 Å². The predicted molar refractivity (Wildman–Crippen MR) is 108 cm³/mol. The molecule has 0 aliphatic carbocycles. The Kier molecular flexibility index (Phi) is 5.31. The summed E-state index contributed by atoms with van der Waals surface area (Å²) in [4.78, 5) is 38.3. The van der Waals surface area contributed by atoms with Crippen LogP contribution in [0.4, 0.5) is 4.79 Å². The molecule has 2 amide bonds. The maximum Gasteiger partial charge on any atom is 0.379 e. The number of furan rings is 1. The third-order valence-electron chi connectivity index (χ3n) is 4.17. The van der Waals surface area contributed by atoms with Crippen molar-refractivity contribution < 1.29 is 23.5 Å². The molecule has 7 heteroatoms. The van der Waals surface area contributed by atoms with Gasteiger partial charge in [-0.1, -0.05) is 42.5 Å². The van der Waals surface area contributed by atoms with E-state index < -0.39 is 5.97 Å². The second-order valence-electron chi connectivity index (χ2n) is 6.19. The highest BCUT2D eigenvalue weighted by atomic mass is 32.2. The van der Waals surface area contributed by atoms with Gasteiger partial charge in [-0.15, -0.1) is 0 Å². The number of hydrogen-bond donors (Lipinski definition) is 0. The van der Waals surface area contributed by atoms with Crippen LogP contribution < -0.4 is 4.74 Å². The lowest BCUT2D eigenvalue weighted by molar-refractivity contribution is -0.123. The third-order valence-corrected chi connectivity index (χ3v) is 5.08. The molecule has 2 aromatic carbocycles. The second-order valence-corrected chi connectivity index (χ2v) is 7.18. The van der Waals surface area contributed by atoms with Crippen LogP contribution in [0.15, 0.2) is 82.3 Å². The molecule has 0 unspecified atom stereocenters. The summed E-state index contributed by atoms with van der Waals surface area (Å²) in [5.74, 6) is -0.455. The number of nitrogens with zero attached hydrogens (tertiary/aromatic N) is 1. The summed E-state index contributed by atoms with van der Waals surface area (Å²) in [6.45, 7) is 0.241. The van der Waals surface area contributed by atoms with Gasteiger partial charge in [0, 0.05) is 0 Å². The van der Waals surface area contributed by atoms with E-state index in [0.29, 0.717) is 16.2 Å². The molecule has 0 spiro atoms. The van der Waals surface area contributed by atoms with E-state index >= 15 is 0 Å². The first kappa shape index (κ1) is 18.8. The van der Waals surface area contributed by atoms with Crippen LogP contribution in [0.25, 0.3) is 6.08 Å². The van der Waals surface area contributed by atoms with Crippen LogP contribution in [-0.2, 0) is 11.3 Å². The van der Waals surface area contributed by atoms with Crippen molar-refractivity contribution in [1.29, 1.82) is 0 Å². The smallest absolute Gasteiger partial charge is 0.379 e. The van der Waals surface area contributed by atoms with Gasteiger partial charge in [-0.2, -0.15) is 0 Å². The lowest BCUT2D eigenvalue weighted by Crippen LogP contribution is -2.27. The molecule has 144 valence electrons. The van der Waals surface area contributed by atoms with Gasteiger partial charge in [0.2, 0.25) is 5.76 Å². The van der Waals surface area contributed by atoms with E-state index in [1.807, 2.05) is 30.3 Å². The van der Waals surface area contributed by atoms with E-state index in [-0.39, 0.29) is 23.5 Å². The first-order valence-corrected chi connectivity index (χ1v) is 9.57. The Bertz CT molecular complexity index is 1070. The van der Waals surface area contributed by atoms with E-state index in [9.17, 15) is 14.4 Å². The largest absolute Gasteiger partial charge is 0.457 e. The summed E-state index contributed by atoms with van der Waals surface area (Å²) < 4.78 is 10.2. The minimum absolute atomic E-state index is 0.112. The average molecular weight is 405 g/mol. The number of ether oxygens (including phenoxy) is 1. The van der Waals surface area contributed by atoms with Crippen molar-refractivity contribution in [1.82, 2.24) is 4.90 Å². The summed E-state index contributed by atoms with van der Waals surface area (Å²) in [5.41, 5.74) is 1.60. The van der Waals surface area contributed by atoms with Gasteiger partial charge in [0.15, 0.2) is 0 Å². The maximum atomic E-state index is 12.6. The number of amides is 2. The van der Waals surface area contributed by atoms with Crippen LogP contribution in [0.1, 0.15) is 21.7 Å². The number of carbonyl (C=O) groups excluding carboxylic acids is 3. The summed E-state index contributed by atoms with van der Waals surface area (Å²) in [7, 11) is 0. The Morgan fingerprint density at radius 1 is 1.00 bits per heavy atom. The van der Waals surface area contributed by atoms with Crippen LogP contribution >= 0.6 is 11.8 Å². The van der Waals surface area contributed by atoms with Crippen LogP contribution in [0.3, 0.4) is 0 Å². The van der Waals surface area contributed by atoms with E-state index in [1.54, 1.807) is 36.4 Å². The fourth-order valence-corrected chi connectivity index (χ4v) is 3.58. The zero-order valence-electron chi connectivity index (χ0n) is 15.1. The lowest BCUT2D eigenvalue weighted by atomic mass is 10.2. The Morgan fingerprint density at radius 2 is 1.76 bits per heavy atom. The highest BCUT2D eigenvalue weighted by Crippen LogP contribution is 2.33. The fraction of sp³-hybridized carbons (Fsp3) is 0.0455. The van der Waals surface area contributed by atoms with Gasteiger partial charge in [-0.05, 0) is 53.2 Å². The van der Waals surface area contributed by atoms with Gasteiger partial charge in [-0.25, -0.2) is 4.79 Å². The quantitative estimate of drug-likeness (QED) is 0.347. The van der Waals surface area contributed by atoms with Crippen LogP contribution in [0.5, 0.6) is 5.75 Å². The number of imide groups is 1. The molecule has 6 nitrogen and oxygen atoms in total. The lowest BCUT2D eigenvalue weighted by Gasteiger charge is -2.12. The Balaban J connectivity index is 1.44. The number of carbonyl (C=O) groups is 3. The molecule has 3 aromatic rings. The molecular weight excluding hydrogens is 390 g/mol. The topological polar surface area (TPSA) is 76.8 Å². The molecule has 0 saturated carbocycles. The van der Waals surface area contributed by atoms with Crippen LogP contribution in [-0.4, -0.2) is 22.0 Å². The molecule has 1 aliphatic rings. The standard InChI is InChI=1S/C22H15NO5S/c24-20-19(29-22(26)23(20)14-16-5-2-1-3-6-16)13-15-8-10-17(11-9-15)28-21(25)18-7-4-12-27-18/h1-13H,14H2/b19-13-. The van der Waals surface area contributed by atoms with Crippen LogP contribution in [0.2, 0.25) is 0 Å². The molecule has 0 atom stereocenters. The first-order valence-electron chi connectivity index (χ1n) is 8.75. The summed E-state index contributed by atoms with van der Waals surface area (Å²) in [5, 5.41) is -0.297. The van der Waals surface area contributed by atoms with E-state index in [2.05, 4.69) is 0 Å². The van der Waals surface area contributed by atoms with Crippen molar-refractivity contribution in [3.05, 3.63) is 94.8 Å². The summed E-state index contributed by atoms with van der Waals surface area (Å²) >= 11 is 0.910. The molecule has 1 saturated heterocycles. The van der Waals surface area contributed by atoms with Crippen molar-refractivity contribution in [3.8, 4) is 5.75 Å². The Morgan fingerprint density at radius 3 is 2.45 bits per heavy atom. The predicted octanol–water partition coefficient (Wildman–Crippen LogP) is 4.74. The maximum absolute atomic E-state index is 12.6. The number of thioether (sulfide) groups is 1. The fourth-order valence-electron chi connectivity index (χ4n) is 2.74. The van der Waals surface area contributed by atoms with Crippen LogP contribution in [0, 0.1) is 0 Å². The zero-order valence-corrected chi connectivity index (χ0v) is 15.9. The highest BCUT2D eigenvalue weighted by Gasteiger charge is 2.34. The number of benzene rings is 2. The monoisotopic (exact) mass is 405 g/mol. The molecule has 0 bridgehead atoms. The number of hydrogen-bond acceptors (Lipinski definition) is 6. The first-order chi connectivity index (χ1) is 14.1. The van der Waals surface area contributed by atoms with Gasteiger partial charge in [0.05, 0.1) is 17.7 Å². The Labute approximate surface area is 170 Å². The molecule has 2 heterocycles. The third kappa shape index (κ3) is 4.30. The molecule has 1 aliphatic heterocycles. The average Bonchev–Trinajstić information content (AvgIpc) is 3.35. The normalized spacial score (nSPS) is 15.2. The van der Waals surface area contributed by atoms with Gasteiger partial charge < -0.3 is 9.15 Å². The molecule has 1 aromatic heterocycles. The van der Waals surface area contributed by atoms with Crippen molar-refractivity contribution in [2.24, 2.45) is 0 Å². The number of esters is 1. The molecule has 1 fully saturated rings. The minimum Gasteiger partial charge on any atom is -0.457 e. The molecule has 29 heavy (non-hydrogen) atoms. The second kappa shape index (κ2) is 8.20. The molecule has 0 radical (unpaired) electrons. The summed E-state index contributed by atoms with van der Waals surface area (Å²) in [6, 6.07) is 19.1. The molecular formula is C22H15NO5S.